The van der Waals surface area contributed by atoms with Crippen LogP contribution in [0.5, 0.6) is 0 Å². The Bertz CT molecular complexity index is 260. The minimum atomic E-state index is 0.521. The van der Waals surface area contributed by atoms with E-state index in [1.165, 1.54) is 37.2 Å². The van der Waals surface area contributed by atoms with Crippen LogP contribution in [-0.2, 0) is 11.3 Å². The molecule has 1 aromatic heterocycles. The second kappa shape index (κ2) is 6.15. The Morgan fingerprint density at radius 1 is 1.47 bits per heavy atom. The van der Waals surface area contributed by atoms with Gasteiger partial charge in [0, 0.05) is 18.5 Å². The Morgan fingerprint density at radius 2 is 2.33 bits per heavy atom. The summed E-state index contributed by atoms with van der Waals surface area (Å²) in [5.74, 6) is 0. The molecule has 2 rings (SSSR count). The first-order valence-electron chi connectivity index (χ1n) is 5.53. The maximum atomic E-state index is 5.73. The van der Waals surface area contributed by atoms with Gasteiger partial charge in [-0.25, -0.2) is 0 Å². The SMILES string of the molecule is c1snnc1CNCCOC1CCCC1. The van der Waals surface area contributed by atoms with Gasteiger partial charge in [-0.3, -0.25) is 0 Å². The number of rotatable bonds is 6. The molecule has 1 fully saturated rings. The van der Waals surface area contributed by atoms with Gasteiger partial charge in [0.2, 0.25) is 0 Å². The molecule has 0 bridgehead atoms. The van der Waals surface area contributed by atoms with E-state index in [2.05, 4.69) is 14.9 Å². The van der Waals surface area contributed by atoms with Crippen molar-refractivity contribution in [1.29, 1.82) is 0 Å². The predicted octanol–water partition coefficient (Wildman–Crippen LogP) is 1.59. The molecule has 1 aliphatic carbocycles. The molecule has 1 N–H and O–H groups in total. The standard InChI is InChI=1S/C10H17N3OS/c1-2-4-10(3-1)14-6-5-11-7-9-8-15-13-12-9/h8,10-11H,1-7H2. The fourth-order valence-electron chi connectivity index (χ4n) is 1.83. The van der Waals surface area contributed by atoms with E-state index in [4.69, 9.17) is 4.74 Å². The van der Waals surface area contributed by atoms with Crippen molar-refractivity contribution in [2.45, 2.75) is 38.3 Å². The number of aromatic nitrogens is 2. The van der Waals surface area contributed by atoms with Crippen LogP contribution < -0.4 is 5.32 Å². The Kier molecular flexibility index (Phi) is 4.50. The van der Waals surface area contributed by atoms with E-state index >= 15 is 0 Å². The largest absolute Gasteiger partial charge is 0.377 e. The average molecular weight is 227 g/mol. The second-order valence-electron chi connectivity index (χ2n) is 3.85. The van der Waals surface area contributed by atoms with Crippen molar-refractivity contribution >= 4 is 11.5 Å². The molecule has 5 heteroatoms. The van der Waals surface area contributed by atoms with Gasteiger partial charge in [-0.1, -0.05) is 17.3 Å². The molecular formula is C10H17N3OS. The fraction of sp³-hybridized carbons (Fsp3) is 0.800. The summed E-state index contributed by atoms with van der Waals surface area (Å²) < 4.78 is 9.53. The Hall–Kier alpha value is -0.520. The molecule has 0 amide bonds. The summed E-state index contributed by atoms with van der Waals surface area (Å²) in [4.78, 5) is 0. The molecule has 4 nitrogen and oxygen atoms in total. The van der Waals surface area contributed by atoms with Gasteiger partial charge in [0.15, 0.2) is 0 Å². The Balaban J connectivity index is 1.48. The van der Waals surface area contributed by atoms with Gasteiger partial charge in [0.25, 0.3) is 0 Å². The molecular weight excluding hydrogens is 210 g/mol. The molecule has 0 atom stereocenters. The van der Waals surface area contributed by atoms with Gasteiger partial charge in [-0.2, -0.15) is 0 Å². The van der Waals surface area contributed by atoms with E-state index in [1.807, 2.05) is 5.38 Å². The highest BCUT2D eigenvalue weighted by Gasteiger charge is 2.14. The molecule has 0 radical (unpaired) electrons. The maximum Gasteiger partial charge on any atom is 0.0893 e. The topological polar surface area (TPSA) is 47.0 Å². The Labute approximate surface area is 94.2 Å². The van der Waals surface area contributed by atoms with Gasteiger partial charge in [-0.15, -0.1) is 5.10 Å². The number of nitrogens with zero attached hydrogens (tertiary/aromatic N) is 2. The molecule has 0 unspecified atom stereocenters. The third kappa shape index (κ3) is 3.85. The lowest BCUT2D eigenvalue weighted by Crippen LogP contribution is -2.22. The van der Waals surface area contributed by atoms with Crippen LogP contribution in [0.3, 0.4) is 0 Å². The number of nitrogens with one attached hydrogen (secondary N) is 1. The van der Waals surface area contributed by atoms with Crippen LogP contribution in [0.25, 0.3) is 0 Å². The molecule has 0 aliphatic heterocycles. The summed E-state index contributed by atoms with van der Waals surface area (Å²) in [6.45, 7) is 2.50. The number of hydrogen-bond acceptors (Lipinski definition) is 5. The zero-order valence-electron chi connectivity index (χ0n) is 8.82. The lowest BCUT2D eigenvalue weighted by Gasteiger charge is -2.10. The van der Waals surface area contributed by atoms with Crippen LogP contribution in [0.15, 0.2) is 5.38 Å². The van der Waals surface area contributed by atoms with E-state index in [0.29, 0.717) is 6.10 Å². The molecule has 84 valence electrons. The minimum absolute atomic E-state index is 0.521. The van der Waals surface area contributed by atoms with Crippen molar-refractivity contribution in [3.63, 3.8) is 0 Å². The maximum absolute atomic E-state index is 5.73. The summed E-state index contributed by atoms with van der Waals surface area (Å²) >= 11 is 1.39. The highest BCUT2D eigenvalue weighted by molar-refractivity contribution is 7.03. The summed E-state index contributed by atoms with van der Waals surface area (Å²) in [5.41, 5.74) is 1.01. The highest BCUT2D eigenvalue weighted by atomic mass is 32.1. The summed E-state index contributed by atoms with van der Waals surface area (Å²) in [6, 6.07) is 0. The smallest absolute Gasteiger partial charge is 0.0893 e. The van der Waals surface area contributed by atoms with Crippen LogP contribution in [0.4, 0.5) is 0 Å². The molecule has 1 saturated carbocycles. The van der Waals surface area contributed by atoms with Crippen LogP contribution in [-0.4, -0.2) is 28.8 Å². The molecule has 0 saturated heterocycles. The first kappa shape index (κ1) is 11.0. The summed E-state index contributed by atoms with van der Waals surface area (Å²) in [5, 5.41) is 9.21. The van der Waals surface area contributed by atoms with Crippen molar-refractivity contribution in [3.05, 3.63) is 11.1 Å². The van der Waals surface area contributed by atoms with Crippen molar-refractivity contribution in [3.8, 4) is 0 Å². The first-order chi connectivity index (χ1) is 7.45. The van der Waals surface area contributed by atoms with Gasteiger partial charge in [0.05, 0.1) is 18.4 Å². The van der Waals surface area contributed by atoms with Crippen LogP contribution in [0, 0.1) is 0 Å². The van der Waals surface area contributed by atoms with Crippen LogP contribution in [0.1, 0.15) is 31.4 Å². The Morgan fingerprint density at radius 3 is 3.07 bits per heavy atom. The van der Waals surface area contributed by atoms with Gasteiger partial charge in [-0.05, 0) is 24.4 Å². The molecule has 1 aliphatic rings. The second-order valence-corrected chi connectivity index (χ2v) is 4.46. The zero-order valence-corrected chi connectivity index (χ0v) is 9.63. The molecule has 0 spiro atoms. The highest BCUT2D eigenvalue weighted by Crippen LogP contribution is 2.20. The van der Waals surface area contributed by atoms with Gasteiger partial charge in [0.1, 0.15) is 0 Å². The van der Waals surface area contributed by atoms with Crippen molar-refractivity contribution in [1.82, 2.24) is 14.9 Å². The zero-order chi connectivity index (χ0) is 10.3. The summed E-state index contributed by atoms with van der Waals surface area (Å²) in [7, 11) is 0. The molecule has 15 heavy (non-hydrogen) atoms. The van der Waals surface area contributed by atoms with Crippen LogP contribution >= 0.6 is 11.5 Å². The minimum Gasteiger partial charge on any atom is -0.377 e. The number of hydrogen-bond donors (Lipinski definition) is 1. The third-order valence-corrected chi connectivity index (χ3v) is 3.20. The molecule has 0 aromatic carbocycles. The van der Waals surface area contributed by atoms with E-state index in [0.717, 1.165) is 25.4 Å². The average Bonchev–Trinajstić information content (AvgIpc) is 2.88. The third-order valence-electron chi connectivity index (χ3n) is 2.65. The number of ether oxygens (including phenoxy) is 1. The predicted molar refractivity (Wildman–Crippen MR) is 59.8 cm³/mol. The van der Waals surface area contributed by atoms with Crippen molar-refractivity contribution < 1.29 is 4.74 Å². The molecule has 1 heterocycles. The van der Waals surface area contributed by atoms with Crippen LogP contribution in [0.2, 0.25) is 0 Å². The van der Waals surface area contributed by atoms with Crippen molar-refractivity contribution in [2.75, 3.05) is 13.2 Å². The lowest BCUT2D eigenvalue weighted by molar-refractivity contribution is 0.0602. The van der Waals surface area contributed by atoms with E-state index in [1.54, 1.807) is 0 Å². The van der Waals surface area contributed by atoms with E-state index in [9.17, 15) is 0 Å². The van der Waals surface area contributed by atoms with E-state index < -0.39 is 0 Å². The molecule has 1 aromatic rings. The quantitative estimate of drug-likeness (QED) is 0.750. The monoisotopic (exact) mass is 227 g/mol. The van der Waals surface area contributed by atoms with Gasteiger partial charge < -0.3 is 10.1 Å². The van der Waals surface area contributed by atoms with Crippen molar-refractivity contribution in [2.24, 2.45) is 0 Å². The summed E-state index contributed by atoms with van der Waals surface area (Å²) in [6.07, 6.45) is 5.68. The lowest BCUT2D eigenvalue weighted by atomic mass is 10.3. The fourth-order valence-corrected chi connectivity index (χ4v) is 2.28. The van der Waals surface area contributed by atoms with Gasteiger partial charge >= 0.3 is 0 Å². The first-order valence-corrected chi connectivity index (χ1v) is 6.37. The van der Waals surface area contributed by atoms with E-state index in [-0.39, 0.29) is 0 Å². The normalized spacial score (nSPS) is 17.3.